The standard InChI is InChI=1S/C24H35N3O8/c28-18(17-13-32-23(33-17)7-3-1-4-8-23)19-20(35-24(34-19)9-5-2-6-10-24)21(29)27-16(22(30)31)11-15-12-25-14-26-15/h12,14,16-20,28H,1-11,13H2,(H,25,26)(H,27,29)(H,30,31)/t16-,17+,18-,19+,20-/m1/s1. The van der Waals surface area contributed by atoms with E-state index in [9.17, 15) is 19.8 Å². The van der Waals surface area contributed by atoms with E-state index in [1.807, 2.05) is 0 Å². The van der Waals surface area contributed by atoms with Crippen LogP contribution in [0.5, 0.6) is 0 Å². The second-order valence-electron chi connectivity index (χ2n) is 10.2. The molecular weight excluding hydrogens is 458 g/mol. The van der Waals surface area contributed by atoms with Gasteiger partial charge in [-0.2, -0.15) is 0 Å². The van der Waals surface area contributed by atoms with Gasteiger partial charge in [-0.25, -0.2) is 9.78 Å². The predicted octanol–water partition coefficient (Wildman–Crippen LogP) is 1.40. The number of nitrogens with one attached hydrogen (secondary N) is 2. The molecule has 0 unspecified atom stereocenters. The number of amides is 1. The topological polar surface area (TPSA) is 152 Å². The molecule has 0 aromatic carbocycles. The van der Waals surface area contributed by atoms with Crippen molar-refractivity contribution in [1.82, 2.24) is 15.3 Å². The molecule has 2 saturated carbocycles. The van der Waals surface area contributed by atoms with E-state index < -0.39 is 53.9 Å². The Morgan fingerprint density at radius 2 is 1.74 bits per heavy atom. The number of aromatic amines is 1. The molecule has 2 aliphatic heterocycles. The minimum atomic E-state index is -1.19. The van der Waals surface area contributed by atoms with Gasteiger partial charge in [-0.3, -0.25) is 4.79 Å². The number of aromatic nitrogens is 2. The molecule has 2 saturated heterocycles. The number of H-pyrrole nitrogens is 1. The van der Waals surface area contributed by atoms with Crippen LogP contribution in [0, 0.1) is 0 Å². The van der Waals surface area contributed by atoms with E-state index in [0.717, 1.165) is 51.4 Å². The van der Waals surface area contributed by atoms with Crippen LogP contribution in [0.2, 0.25) is 0 Å². The SMILES string of the molecule is O=C(O)[C@@H](Cc1cnc[nH]1)NC(=O)[C@@H]1OC2(CCCCC2)O[C@H]1[C@H](O)[C@@H]1COC2(CCCCC2)O1. The molecule has 1 aromatic rings. The summed E-state index contributed by atoms with van der Waals surface area (Å²) in [6.45, 7) is 0.208. The zero-order chi connectivity index (χ0) is 24.5. The predicted molar refractivity (Wildman–Crippen MR) is 120 cm³/mol. The molecule has 11 nitrogen and oxygen atoms in total. The van der Waals surface area contributed by atoms with Crippen LogP contribution in [0.1, 0.15) is 69.9 Å². The number of carboxylic acid groups (broad SMARTS) is 1. The molecule has 2 spiro atoms. The summed E-state index contributed by atoms with van der Waals surface area (Å²) in [5.74, 6) is -3.45. The fraction of sp³-hybridized carbons (Fsp3) is 0.792. The van der Waals surface area contributed by atoms with Crippen molar-refractivity contribution in [3.63, 3.8) is 0 Å². The van der Waals surface area contributed by atoms with Crippen molar-refractivity contribution in [2.24, 2.45) is 0 Å². The van der Waals surface area contributed by atoms with Gasteiger partial charge in [0.05, 0.1) is 12.9 Å². The summed E-state index contributed by atoms with van der Waals surface area (Å²) < 4.78 is 24.7. The Morgan fingerprint density at radius 3 is 2.37 bits per heavy atom. The van der Waals surface area contributed by atoms with Crippen LogP contribution in [-0.4, -0.2) is 80.7 Å². The Hall–Kier alpha value is -2.05. The Balaban J connectivity index is 1.31. The lowest BCUT2D eigenvalue weighted by molar-refractivity contribution is -0.217. The number of imidazole rings is 1. The van der Waals surface area contributed by atoms with Gasteiger partial charge < -0.3 is 39.5 Å². The second kappa shape index (κ2) is 10.1. The molecule has 194 valence electrons. The van der Waals surface area contributed by atoms with Crippen molar-refractivity contribution in [3.8, 4) is 0 Å². The maximum atomic E-state index is 13.4. The molecule has 1 amide bonds. The van der Waals surface area contributed by atoms with E-state index in [2.05, 4.69) is 15.3 Å². The van der Waals surface area contributed by atoms with Crippen molar-refractivity contribution < 1.29 is 38.7 Å². The van der Waals surface area contributed by atoms with Crippen LogP contribution in [0.15, 0.2) is 12.5 Å². The van der Waals surface area contributed by atoms with E-state index in [0.29, 0.717) is 18.5 Å². The van der Waals surface area contributed by atoms with Crippen LogP contribution < -0.4 is 5.32 Å². The van der Waals surface area contributed by atoms with Crippen LogP contribution >= 0.6 is 0 Å². The largest absolute Gasteiger partial charge is 0.480 e. The molecule has 4 fully saturated rings. The maximum Gasteiger partial charge on any atom is 0.326 e. The smallest absolute Gasteiger partial charge is 0.326 e. The average Bonchev–Trinajstić information content (AvgIpc) is 3.59. The van der Waals surface area contributed by atoms with Gasteiger partial charge in [0.15, 0.2) is 17.7 Å². The number of ether oxygens (including phenoxy) is 4. The van der Waals surface area contributed by atoms with E-state index in [1.165, 1.54) is 12.5 Å². The summed E-state index contributed by atoms with van der Waals surface area (Å²) in [5.41, 5.74) is 0.580. The maximum absolute atomic E-state index is 13.4. The number of aliphatic carboxylic acids is 1. The number of hydrogen-bond acceptors (Lipinski definition) is 8. The minimum absolute atomic E-state index is 0.0368. The monoisotopic (exact) mass is 493 g/mol. The van der Waals surface area contributed by atoms with Crippen molar-refractivity contribution >= 4 is 11.9 Å². The minimum Gasteiger partial charge on any atom is -0.480 e. The van der Waals surface area contributed by atoms with Crippen molar-refractivity contribution in [2.75, 3.05) is 6.61 Å². The lowest BCUT2D eigenvalue weighted by atomic mass is 9.94. The van der Waals surface area contributed by atoms with Crippen LogP contribution in [0.3, 0.4) is 0 Å². The number of carbonyl (C=O) groups is 2. The van der Waals surface area contributed by atoms with Gasteiger partial charge in [-0.05, 0) is 25.7 Å². The van der Waals surface area contributed by atoms with Gasteiger partial charge in [0.25, 0.3) is 5.91 Å². The molecular formula is C24H35N3O8. The molecule has 5 rings (SSSR count). The molecule has 2 aliphatic carbocycles. The summed E-state index contributed by atoms with van der Waals surface area (Å²) in [6.07, 6.45) is 7.77. The number of carboxylic acids is 1. The number of carbonyl (C=O) groups excluding carboxylic acids is 1. The van der Waals surface area contributed by atoms with Gasteiger partial charge in [0.1, 0.15) is 24.4 Å². The molecule has 1 aromatic heterocycles. The van der Waals surface area contributed by atoms with Gasteiger partial charge >= 0.3 is 5.97 Å². The molecule has 11 heteroatoms. The zero-order valence-corrected chi connectivity index (χ0v) is 19.8. The normalized spacial score (nSPS) is 31.4. The van der Waals surface area contributed by atoms with E-state index in [-0.39, 0.29) is 13.0 Å². The molecule has 0 radical (unpaired) electrons. The first kappa shape index (κ1) is 24.6. The van der Waals surface area contributed by atoms with Gasteiger partial charge in [-0.15, -0.1) is 0 Å². The Labute approximate surface area is 203 Å². The van der Waals surface area contributed by atoms with Crippen molar-refractivity contribution in [3.05, 3.63) is 18.2 Å². The van der Waals surface area contributed by atoms with Gasteiger partial charge in [0, 0.05) is 44.0 Å². The number of rotatable bonds is 7. The first-order valence-electron chi connectivity index (χ1n) is 12.7. The fourth-order valence-corrected chi connectivity index (χ4v) is 5.79. The Bertz CT molecular complexity index is 881. The Morgan fingerprint density at radius 1 is 1.06 bits per heavy atom. The first-order valence-corrected chi connectivity index (χ1v) is 12.7. The molecule has 3 heterocycles. The third-order valence-electron chi connectivity index (χ3n) is 7.67. The number of aliphatic hydroxyl groups excluding tert-OH is 1. The summed E-state index contributed by atoms with van der Waals surface area (Å²) >= 11 is 0. The van der Waals surface area contributed by atoms with Crippen LogP contribution in [0.4, 0.5) is 0 Å². The third kappa shape index (κ3) is 5.24. The highest BCUT2D eigenvalue weighted by atomic mass is 16.8. The average molecular weight is 494 g/mol. The van der Waals surface area contributed by atoms with E-state index in [1.54, 1.807) is 0 Å². The summed E-state index contributed by atoms with van der Waals surface area (Å²) in [6, 6.07) is -1.19. The molecule has 4 aliphatic rings. The van der Waals surface area contributed by atoms with Crippen LogP contribution in [-0.2, 0) is 35.0 Å². The Kier molecular flexibility index (Phi) is 7.13. The van der Waals surface area contributed by atoms with Crippen LogP contribution in [0.25, 0.3) is 0 Å². The third-order valence-corrected chi connectivity index (χ3v) is 7.67. The fourth-order valence-electron chi connectivity index (χ4n) is 5.79. The highest BCUT2D eigenvalue weighted by Gasteiger charge is 2.56. The quantitative estimate of drug-likeness (QED) is 0.442. The van der Waals surface area contributed by atoms with Gasteiger partial charge in [0.2, 0.25) is 0 Å². The lowest BCUT2D eigenvalue weighted by Gasteiger charge is -2.34. The number of aliphatic hydroxyl groups is 1. The highest BCUT2D eigenvalue weighted by Crippen LogP contribution is 2.44. The first-order chi connectivity index (χ1) is 16.9. The highest BCUT2D eigenvalue weighted by molar-refractivity contribution is 5.87. The summed E-state index contributed by atoms with van der Waals surface area (Å²) in [5, 5.41) is 23.6. The van der Waals surface area contributed by atoms with E-state index >= 15 is 0 Å². The summed E-state index contributed by atoms with van der Waals surface area (Å²) in [7, 11) is 0. The second-order valence-corrected chi connectivity index (χ2v) is 10.2. The van der Waals surface area contributed by atoms with Gasteiger partial charge in [-0.1, -0.05) is 12.8 Å². The lowest BCUT2D eigenvalue weighted by Crippen LogP contribution is -2.53. The summed E-state index contributed by atoms with van der Waals surface area (Å²) in [4.78, 5) is 32.0. The molecule has 35 heavy (non-hydrogen) atoms. The van der Waals surface area contributed by atoms with E-state index in [4.69, 9.17) is 18.9 Å². The molecule has 0 bridgehead atoms. The molecule has 5 atom stereocenters. The number of hydrogen-bond donors (Lipinski definition) is 4. The van der Waals surface area contributed by atoms with Crippen molar-refractivity contribution in [2.45, 2.75) is 113 Å². The van der Waals surface area contributed by atoms with Crippen molar-refractivity contribution in [1.29, 1.82) is 0 Å². The molecule has 4 N–H and O–H groups in total. The zero-order valence-electron chi connectivity index (χ0n) is 19.8. The number of nitrogens with zero attached hydrogens (tertiary/aromatic N) is 1.